The average molecular weight is 537 g/mol. The van der Waals surface area contributed by atoms with E-state index in [0.29, 0.717) is 17.5 Å². The van der Waals surface area contributed by atoms with Crippen molar-refractivity contribution >= 4 is 32.4 Å². The zero-order valence-corrected chi connectivity index (χ0v) is 22.6. The van der Waals surface area contributed by atoms with Gasteiger partial charge in [-0.2, -0.15) is 0 Å². The first kappa shape index (κ1) is 24.1. The summed E-state index contributed by atoms with van der Waals surface area (Å²) in [7, 11) is 0. The maximum Gasteiger partial charge on any atom is 0.164 e. The Morgan fingerprint density at radius 3 is 1.55 bits per heavy atom. The highest BCUT2D eigenvalue weighted by Crippen LogP contribution is 2.33. The van der Waals surface area contributed by atoms with Gasteiger partial charge in [-0.1, -0.05) is 121 Å². The van der Waals surface area contributed by atoms with E-state index in [2.05, 4.69) is 138 Å². The molecule has 4 heteroatoms. The van der Waals surface area contributed by atoms with Gasteiger partial charge in [-0.25, -0.2) is 15.0 Å². The van der Waals surface area contributed by atoms with E-state index in [1.807, 2.05) is 12.3 Å². The van der Waals surface area contributed by atoms with Gasteiger partial charge in [-0.3, -0.25) is 4.98 Å². The van der Waals surface area contributed by atoms with Crippen molar-refractivity contribution in [3.8, 4) is 45.3 Å². The van der Waals surface area contributed by atoms with Gasteiger partial charge >= 0.3 is 0 Å². The normalized spacial score (nSPS) is 11.3. The van der Waals surface area contributed by atoms with E-state index in [9.17, 15) is 0 Å². The van der Waals surface area contributed by atoms with Crippen molar-refractivity contribution in [2.45, 2.75) is 0 Å². The number of fused-ring (bicyclic) bond motifs is 3. The molecule has 0 aliphatic heterocycles. The molecule has 0 N–H and O–H groups in total. The van der Waals surface area contributed by atoms with Crippen LogP contribution in [0.1, 0.15) is 0 Å². The van der Waals surface area contributed by atoms with Gasteiger partial charge in [0.25, 0.3) is 0 Å². The molecular weight excluding hydrogens is 512 g/mol. The zero-order valence-electron chi connectivity index (χ0n) is 22.6. The first-order valence-corrected chi connectivity index (χ1v) is 14.0. The van der Waals surface area contributed by atoms with Crippen molar-refractivity contribution in [3.05, 3.63) is 146 Å². The highest BCUT2D eigenvalue weighted by atomic mass is 15.0. The third-order valence-corrected chi connectivity index (χ3v) is 7.78. The number of pyridine rings is 1. The maximum atomic E-state index is 5.07. The Hall–Kier alpha value is -5.74. The van der Waals surface area contributed by atoms with Gasteiger partial charge in [0.15, 0.2) is 17.5 Å². The van der Waals surface area contributed by atoms with Gasteiger partial charge in [0, 0.05) is 28.3 Å². The highest BCUT2D eigenvalue weighted by Gasteiger charge is 2.16. The molecule has 8 aromatic rings. The lowest BCUT2D eigenvalue weighted by atomic mass is 10.0. The van der Waals surface area contributed by atoms with Crippen molar-refractivity contribution in [2.24, 2.45) is 0 Å². The van der Waals surface area contributed by atoms with Crippen molar-refractivity contribution in [1.29, 1.82) is 0 Å². The summed E-state index contributed by atoms with van der Waals surface area (Å²) in [6, 6.07) is 48.1. The van der Waals surface area contributed by atoms with Crippen LogP contribution >= 0.6 is 0 Å². The monoisotopic (exact) mass is 536 g/mol. The van der Waals surface area contributed by atoms with E-state index in [1.54, 1.807) is 0 Å². The van der Waals surface area contributed by atoms with Crippen LogP contribution in [0.15, 0.2) is 146 Å². The van der Waals surface area contributed by atoms with Crippen LogP contribution in [0.3, 0.4) is 0 Å². The molecule has 0 unspecified atom stereocenters. The fraction of sp³-hybridized carbons (Fsp3) is 0. The Morgan fingerprint density at radius 1 is 0.357 bits per heavy atom. The number of aromatic nitrogens is 4. The van der Waals surface area contributed by atoms with Crippen LogP contribution in [0.2, 0.25) is 0 Å². The largest absolute Gasteiger partial charge is 0.256 e. The molecule has 4 nitrogen and oxygen atoms in total. The summed E-state index contributed by atoms with van der Waals surface area (Å²) in [5.74, 6) is 1.96. The third-order valence-electron chi connectivity index (χ3n) is 7.78. The minimum Gasteiger partial charge on any atom is -0.256 e. The molecule has 0 radical (unpaired) electrons. The predicted molar refractivity (Wildman–Crippen MR) is 172 cm³/mol. The molecule has 0 aliphatic carbocycles. The molecule has 6 aromatic carbocycles. The molecule has 2 aromatic heterocycles. The van der Waals surface area contributed by atoms with Gasteiger partial charge in [-0.05, 0) is 50.9 Å². The van der Waals surface area contributed by atoms with Crippen LogP contribution in [0.4, 0.5) is 0 Å². The van der Waals surface area contributed by atoms with Crippen LogP contribution < -0.4 is 0 Å². The fourth-order valence-electron chi connectivity index (χ4n) is 5.65. The molecular formula is C38H24N4. The molecule has 0 bridgehead atoms. The van der Waals surface area contributed by atoms with Crippen LogP contribution in [-0.4, -0.2) is 19.9 Å². The van der Waals surface area contributed by atoms with E-state index in [4.69, 9.17) is 15.0 Å². The summed E-state index contributed by atoms with van der Waals surface area (Å²) in [6.07, 6.45) is 1.82. The van der Waals surface area contributed by atoms with E-state index >= 15 is 0 Å². The topological polar surface area (TPSA) is 51.6 Å². The molecule has 0 saturated carbocycles. The summed E-state index contributed by atoms with van der Waals surface area (Å²) >= 11 is 0. The molecule has 0 saturated heterocycles. The lowest BCUT2D eigenvalue weighted by Crippen LogP contribution is -2.01. The first-order valence-electron chi connectivity index (χ1n) is 14.0. The molecule has 2 heterocycles. The number of rotatable bonds is 4. The highest BCUT2D eigenvalue weighted by molar-refractivity contribution is 5.97. The summed E-state index contributed by atoms with van der Waals surface area (Å²) in [5, 5.41) is 5.65. The number of benzene rings is 6. The number of hydrogen-bond donors (Lipinski definition) is 0. The second-order valence-corrected chi connectivity index (χ2v) is 10.3. The second kappa shape index (κ2) is 10.0. The molecule has 0 spiro atoms. The molecule has 0 fully saturated rings. The Bertz CT molecular complexity index is 2150. The van der Waals surface area contributed by atoms with Gasteiger partial charge in [-0.15, -0.1) is 0 Å². The summed E-state index contributed by atoms with van der Waals surface area (Å²) in [5.41, 5.74) is 6.17. The molecule has 0 aliphatic rings. The number of nitrogens with zero attached hydrogens (tertiary/aromatic N) is 4. The average Bonchev–Trinajstić information content (AvgIpc) is 3.07. The Balaban J connectivity index is 1.29. The van der Waals surface area contributed by atoms with Crippen LogP contribution in [0.5, 0.6) is 0 Å². The fourth-order valence-corrected chi connectivity index (χ4v) is 5.65. The van der Waals surface area contributed by atoms with Gasteiger partial charge < -0.3 is 0 Å². The minimum atomic E-state index is 0.644. The smallest absolute Gasteiger partial charge is 0.164 e. The maximum absolute atomic E-state index is 5.07. The zero-order chi connectivity index (χ0) is 27.9. The third kappa shape index (κ3) is 4.27. The SMILES string of the molecule is c1cnc2ccc(-c3ccc(-c4nc(-c5cccc6ccccc56)nc(-c5cccc6ccccc56)n4)cc3)cc2c1. The Labute approximate surface area is 243 Å². The quantitative estimate of drug-likeness (QED) is 0.225. The van der Waals surface area contributed by atoms with E-state index in [-0.39, 0.29) is 0 Å². The van der Waals surface area contributed by atoms with Gasteiger partial charge in [0.05, 0.1) is 5.52 Å². The minimum absolute atomic E-state index is 0.644. The van der Waals surface area contributed by atoms with Crippen LogP contribution in [0, 0.1) is 0 Å². The molecule has 196 valence electrons. The first-order chi connectivity index (χ1) is 20.8. The molecule has 0 atom stereocenters. The summed E-state index contributed by atoms with van der Waals surface area (Å²) in [4.78, 5) is 19.6. The molecule has 42 heavy (non-hydrogen) atoms. The molecule has 8 rings (SSSR count). The van der Waals surface area contributed by atoms with Crippen LogP contribution in [0.25, 0.3) is 77.7 Å². The Kier molecular flexibility index (Phi) is 5.75. The lowest BCUT2D eigenvalue weighted by Gasteiger charge is -2.12. The predicted octanol–water partition coefficient (Wildman–Crippen LogP) is 9.39. The van der Waals surface area contributed by atoms with Crippen molar-refractivity contribution < 1.29 is 0 Å². The number of hydrogen-bond acceptors (Lipinski definition) is 4. The summed E-state index contributed by atoms with van der Waals surface area (Å²) in [6.45, 7) is 0. The lowest BCUT2D eigenvalue weighted by molar-refractivity contribution is 1.08. The molecule has 0 amide bonds. The summed E-state index contributed by atoms with van der Waals surface area (Å²) < 4.78 is 0. The Morgan fingerprint density at radius 2 is 0.881 bits per heavy atom. The van der Waals surface area contributed by atoms with Gasteiger partial charge in [0.2, 0.25) is 0 Å². The van der Waals surface area contributed by atoms with Crippen molar-refractivity contribution in [1.82, 2.24) is 19.9 Å². The van der Waals surface area contributed by atoms with Crippen molar-refractivity contribution in [3.63, 3.8) is 0 Å². The van der Waals surface area contributed by atoms with E-state index in [0.717, 1.165) is 60.3 Å². The van der Waals surface area contributed by atoms with E-state index in [1.165, 1.54) is 0 Å². The van der Waals surface area contributed by atoms with Gasteiger partial charge in [0.1, 0.15) is 0 Å². The van der Waals surface area contributed by atoms with Crippen molar-refractivity contribution in [2.75, 3.05) is 0 Å². The van der Waals surface area contributed by atoms with E-state index < -0.39 is 0 Å². The van der Waals surface area contributed by atoms with Crippen LogP contribution in [-0.2, 0) is 0 Å². The second-order valence-electron chi connectivity index (χ2n) is 10.3. The standard InChI is InChI=1S/C38H24N4/c1-3-13-31-26(8-1)10-5-15-33(31)37-40-36(41-38(42-37)34-16-6-11-27-9-2-4-14-32(27)34)28-19-17-25(18-20-28)29-21-22-35-30(24-29)12-7-23-39-35/h1-24H.